The van der Waals surface area contributed by atoms with Crippen LogP contribution in [0.4, 0.5) is 13.2 Å². The van der Waals surface area contributed by atoms with Crippen LogP contribution in [0.5, 0.6) is 0 Å². The van der Waals surface area contributed by atoms with Gasteiger partial charge in [-0.15, -0.1) is 0 Å². The van der Waals surface area contributed by atoms with E-state index in [4.69, 9.17) is 4.74 Å². The maximum atomic E-state index is 14.8. The number of benzene rings is 3. The summed E-state index contributed by atoms with van der Waals surface area (Å²) in [7, 11) is 0. The van der Waals surface area contributed by atoms with Gasteiger partial charge in [0.05, 0.1) is 6.61 Å². The zero-order chi connectivity index (χ0) is 22.1. The molecule has 3 aromatic carbocycles. The molecule has 1 aliphatic carbocycles. The highest BCUT2D eigenvalue weighted by Crippen LogP contribution is 2.36. The van der Waals surface area contributed by atoms with Gasteiger partial charge < -0.3 is 4.74 Å². The first-order valence-electron chi connectivity index (χ1n) is 11.3. The van der Waals surface area contributed by atoms with Crippen molar-refractivity contribution in [3.63, 3.8) is 0 Å². The number of ether oxygens (including phenoxy) is 1. The van der Waals surface area contributed by atoms with E-state index < -0.39 is 11.6 Å². The Morgan fingerprint density at radius 3 is 2.06 bits per heavy atom. The van der Waals surface area contributed by atoms with Gasteiger partial charge in [0.1, 0.15) is 11.9 Å². The Morgan fingerprint density at radius 1 is 0.750 bits per heavy atom. The molecular weight excluding hydrogens is 409 g/mol. The first-order chi connectivity index (χ1) is 15.6. The Balaban J connectivity index is 1.35. The molecule has 2 fully saturated rings. The normalized spacial score (nSPS) is 18.9. The summed E-state index contributed by atoms with van der Waals surface area (Å²) >= 11 is 0. The molecule has 0 spiro atoms. The van der Waals surface area contributed by atoms with E-state index in [2.05, 4.69) is 6.08 Å². The van der Waals surface area contributed by atoms with Crippen LogP contribution in [-0.4, -0.2) is 6.61 Å². The monoisotopic (exact) mass is 434 g/mol. The summed E-state index contributed by atoms with van der Waals surface area (Å²) in [6.07, 6.45) is 10.2. The fraction of sp³-hybridized carbons (Fsp3) is 0.286. The fourth-order valence-corrected chi connectivity index (χ4v) is 4.54. The molecule has 1 heterocycles. The van der Waals surface area contributed by atoms with Crippen LogP contribution >= 0.6 is 0 Å². The van der Waals surface area contributed by atoms with E-state index in [-0.39, 0.29) is 23.0 Å². The molecule has 1 atom stereocenters. The first kappa shape index (κ1) is 21.0. The standard InChI is InChI=1S/C28H25F3O/c29-25-16-19(7-6-18-4-2-1-3-5-18)8-13-22(25)20-9-11-21(12-10-20)23-14-15-24(26-17-32-26)28(31)27(23)30/h6-16,18,26H,1-5,17H2/b7-6+. The minimum absolute atomic E-state index is 0.183. The molecule has 1 saturated heterocycles. The summed E-state index contributed by atoms with van der Waals surface area (Å²) in [6.45, 7) is 0.422. The molecule has 0 amide bonds. The van der Waals surface area contributed by atoms with Crippen molar-refractivity contribution in [1.29, 1.82) is 0 Å². The summed E-state index contributed by atoms with van der Waals surface area (Å²) in [4.78, 5) is 0. The average molecular weight is 435 g/mol. The van der Waals surface area contributed by atoms with E-state index in [1.807, 2.05) is 12.1 Å². The number of hydrogen-bond acceptors (Lipinski definition) is 1. The molecule has 164 valence electrons. The molecule has 2 aliphatic rings. The van der Waals surface area contributed by atoms with E-state index in [1.165, 1.54) is 32.1 Å². The second-order valence-corrected chi connectivity index (χ2v) is 8.73. The van der Waals surface area contributed by atoms with Gasteiger partial charge in [0, 0.05) is 16.7 Å². The predicted octanol–water partition coefficient (Wildman–Crippen LogP) is 8.10. The summed E-state index contributed by atoms with van der Waals surface area (Å²) in [5.41, 5.74) is 3.01. The Bertz CT molecular complexity index is 1140. The van der Waals surface area contributed by atoms with E-state index in [0.717, 1.165) is 5.56 Å². The maximum absolute atomic E-state index is 14.8. The zero-order valence-corrected chi connectivity index (χ0v) is 17.8. The van der Waals surface area contributed by atoms with Gasteiger partial charge in [0.15, 0.2) is 11.6 Å². The molecule has 1 aliphatic heterocycles. The van der Waals surface area contributed by atoms with Crippen LogP contribution in [0.15, 0.2) is 60.7 Å². The third-order valence-electron chi connectivity index (χ3n) is 6.50. The number of hydrogen-bond donors (Lipinski definition) is 0. The third-order valence-corrected chi connectivity index (χ3v) is 6.50. The highest BCUT2D eigenvalue weighted by atomic mass is 19.2. The number of epoxide rings is 1. The van der Waals surface area contributed by atoms with Crippen LogP contribution in [0.2, 0.25) is 0 Å². The quantitative estimate of drug-likeness (QED) is 0.370. The SMILES string of the molecule is Fc1cc(/C=C/C2CCCCC2)ccc1-c1ccc(-c2ccc(C3CO3)c(F)c2F)cc1. The second kappa shape index (κ2) is 8.95. The smallest absolute Gasteiger partial charge is 0.167 e. The molecule has 1 nitrogen and oxygen atoms in total. The lowest BCUT2D eigenvalue weighted by Gasteiger charge is -2.17. The molecule has 1 unspecified atom stereocenters. The van der Waals surface area contributed by atoms with Crippen LogP contribution < -0.4 is 0 Å². The van der Waals surface area contributed by atoms with Gasteiger partial charge in [-0.3, -0.25) is 0 Å². The highest BCUT2D eigenvalue weighted by Gasteiger charge is 2.30. The van der Waals surface area contributed by atoms with Crippen molar-refractivity contribution in [1.82, 2.24) is 0 Å². The van der Waals surface area contributed by atoms with Gasteiger partial charge in [-0.2, -0.15) is 0 Å². The van der Waals surface area contributed by atoms with Crippen LogP contribution in [-0.2, 0) is 4.74 Å². The molecule has 5 rings (SSSR count). The molecular formula is C28H25F3O. The lowest BCUT2D eigenvalue weighted by Crippen LogP contribution is -2.02. The molecule has 3 aromatic rings. The van der Waals surface area contributed by atoms with E-state index in [0.29, 0.717) is 29.2 Å². The lowest BCUT2D eigenvalue weighted by atomic mass is 9.88. The van der Waals surface area contributed by atoms with Crippen LogP contribution in [0.1, 0.15) is 49.3 Å². The summed E-state index contributed by atoms with van der Waals surface area (Å²) in [6, 6.07) is 15.2. The van der Waals surface area contributed by atoms with E-state index >= 15 is 0 Å². The van der Waals surface area contributed by atoms with E-state index in [1.54, 1.807) is 48.5 Å². The molecule has 1 saturated carbocycles. The van der Waals surface area contributed by atoms with Crippen molar-refractivity contribution in [2.24, 2.45) is 5.92 Å². The minimum Gasteiger partial charge on any atom is -0.368 e. The van der Waals surface area contributed by atoms with Gasteiger partial charge >= 0.3 is 0 Å². The Labute approximate surface area is 186 Å². The van der Waals surface area contributed by atoms with E-state index in [9.17, 15) is 13.2 Å². The molecule has 0 N–H and O–H groups in total. The van der Waals surface area contributed by atoms with Crippen molar-refractivity contribution in [2.45, 2.75) is 38.2 Å². The van der Waals surface area contributed by atoms with Gasteiger partial charge in [-0.25, -0.2) is 13.2 Å². The Morgan fingerprint density at radius 2 is 1.41 bits per heavy atom. The molecule has 32 heavy (non-hydrogen) atoms. The average Bonchev–Trinajstić information content (AvgIpc) is 3.66. The van der Waals surface area contributed by atoms with Crippen molar-refractivity contribution in [3.8, 4) is 22.3 Å². The predicted molar refractivity (Wildman–Crippen MR) is 121 cm³/mol. The summed E-state index contributed by atoms with van der Waals surface area (Å²) in [5, 5.41) is 0. The number of rotatable bonds is 5. The van der Waals surface area contributed by atoms with Gasteiger partial charge in [-0.05, 0) is 41.5 Å². The minimum atomic E-state index is -0.883. The van der Waals surface area contributed by atoms with Crippen molar-refractivity contribution in [2.75, 3.05) is 6.61 Å². The molecule has 0 bridgehead atoms. The Hall–Kier alpha value is -2.85. The first-order valence-corrected chi connectivity index (χ1v) is 11.3. The molecule has 0 radical (unpaired) electrons. The molecule has 4 heteroatoms. The van der Waals surface area contributed by atoms with Crippen molar-refractivity contribution >= 4 is 6.08 Å². The second-order valence-electron chi connectivity index (χ2n) is 8.73. The third kappa shape index (κ3) is 4.37. The summed E-state index contributed by atoms with van der Waals surface area (Å²) in [5.74, 6) is -1.45. The zero-order valence-electron chi connectivity index (χ0n) is 17.8. The van der Waals surface area contributed by atoms with Gasteiger partial charge in [0.2, 0.25) is 0 Å². The van der Waals surface area contributed by atoms with Crippen LogP contribution in [0, 0.1) is 23.4 Å². The van der Waals surface area contributed by atoms with Gasteiger partial charge in [-0.1, -0.05) is 79.9 Å². The number of allylic oxidation sites excluding steroid dienone is 1. The van der Waals surface area contributed by atoms with Crippen LogP contribution in [0.25, 0.3) is 28.3 Å². The van der Waals surface area contributed by atoms with Gasteiger partial charge in [0.25, 0.3) is 0 Å². The lowest BCUT2D eigenvalue weighted by molar-refractivity contribution is 0.401. The molecule has 0 aromatic heterocycles. The highest BCUT2D eigenvalue weighted by molar-refractivity contribution is 5.72. The largest absolute Gasteiger partial charge is 0.368 e. The Kier molecular flexibility index (Phi) is 5.88. The fourth-order valence-electron chi connectivity index (χ4n) is 4.54. The van der Waals surface area contributed by atoms with Crippen molar-refractivity contribution < 1.29 is 17.9 Å². The topological polar surface area (TPSA) is 12.5 Å². The maximum Gasteiger partial charge on any atom is 0.167 e. The van der Waals surface area contributed by atoms with Crippen molar-refractivity contribution in [3.05, 3.63) is 89.3 Å². The summed E-state index contributed by atoms with van der Waals surface area (Å²) < 4.78 is 48.8. The number of halogens is 3. The van der Waals surface area contributed by atoms with Crippen LogP contribution in [0.3, 0.4) is 0 Å².